The minimum atomic E-state index is -0.745. The zero-order valence-electron chi connectivity index (χ0n) is 12.6. The summed E-state index contributed by atoms with van der Waals surface area (Å²) in [6, 6.07) is 7.83. The molecule has 0 atom stereocenters. The van der Waals surface area contributed by atoms with Crippen LogP contribution < -0.4 is 0 Å². The number of Topliss-reactive ketones (excluding diaryl/α,β-unsaturated/α-hetero) is 1. The van der Waals surface area contributed by atoms with E-state index in [1.54, 1.807) is 12.2 Å². The molecule has 2 aromatic carbocycles. The van der Waals surface area contributed by atoms with Gasteiger partial charge in [0.15, 0.2) is 28.9 Å². The number of aromatic hydroxyl groups is 2. The number of benzene rings is 2. The van der Waals surface area contributed by atoms with Crippen molar-refractivity contribution in [2.75, 3.05) is 0 Å². The second-order valence-electron chi connectivity index (χ2n) is 5.59. The molecule has 0 aromatic heterocycles. The van der Waals surface area contributed by atoms with Gasteiger partial charge in [-0.2, -0.15) is 0 Å². The summed E-state index contributed by atoms with van der Waals surface area (Å²) in [6.45, 7) is 0. The molecule has 0 saturated heterocycles. The Hall–Kier alpha value is -2.95. The van der Waals surface area contributed by atoms with Crippen LogP contribution >= 0.6 is 0 Å². The Balaban J connectivity index is 1.86. The van der Waals surface area contributed by atoms with Crippen molar-refractivity contribution in [2.45, 2.75) is 12.8 Å². The van der Waals surface area contributed by atoms with Crippen LogP contribution in [0, 0.1) is 11.6 Å². The molecular formula is C19H14F2O3. The van der Waals surface area contributed by atoms with Crippen molar-refractivity contribution >= 4 is 17.9 Å². The summed E-state index contributed by atoms with van der Waals surface area (Å²) in [5, 5.41) is 18.4. The molecule has 1 aliphatic carbocycles. The van der Waals surface area contributed by atoms with E-state index in [-0.39, 0.29) is 5.78 Å². The van der Waals surface area contributed by atoms with Gasteiger partial charge in [-0.15, -0.1) is 0 Å². The molecule has 2 N–H and O–H groups in total. The van der Waals surface area contributed by atoms with Gasteiger partial charge in [-0.1, -0.05) is 12.1 Å². The third-order valence-electron chi connectivity index (χ3n) is 3.87. The zero-order valence-corrected chi connectivity index (χ0v) is 12.6. The number of rotatable bonds is 2. The topological polar surface area (TPSA) is 57.5 Å². The molecule has 0 bridgehead atoms. The quantitative estimate of drug-likeness (QED) is 0.812. The van der Waals surface area contributed by atoms with Crippen LogP contribution in [0.25, 0.3) is 12.2 Å². The zero-order chi connectivity index (χ0) is 17.3. The first kappa shape index (κ1) is 15.9. The minimum absolute atomic E-state index is 0.169. The van der Waals surface area contributed by atoms with Gasteiger partial charge in [-0.3, -0.25) is 4.79 Å². The lowest BCUT2D eigenvalue weighted by Crippen LogP contribution is -1.96. The summed E-state index contributed by atoms with van der Waals surface area (Å²) in [6.07, 6.45) is 4.19. The Morgan fingerprint density at radius 3 is 1.58 bits per heavy atom. The van der Waals surface area contributed by atoms with E-state index in [1.807, 2.05) is 0 Å². The highest BCUT2D eigenvalue weighted by molar-refractivity contribution is 6.15. The number of halogens is 2. The van der Waals surface area contributed by atoms with Crippen molar-refractivity contribution in [3.05, 3.63) is 70.3 Å². The monoisotopic (exact) mass is 328 g/mol. The van der Waals surface area contributed by atoms with Gasteiger partial charge in [0.05, 0.1) is 0 Å². The van der Waals surface area contributed by atoms with Gasteiger partial charge in [0.1, 0.15) is 0 Å². The molecule has 3 rings (SSSR count). The molecule has 0 heterocycles. The van der Waals surface area contributed by atoms with Gasteiger partial charge in [0, 0.05) is 11.1 Å². The molecule has 0 spiro atoms. The van der Waals surface area contributed by atoms with Crippen molar-refractivity contribution in [1.29, 1.82) is 0 Å². The fourth-order valence-corrected chi connectivity index (χ4v) is 2.61. The van der Waals surface area contributed by atoms with Crippen LogP contribution in [0.5, 0.6) is 11.5 Å². The Morgan fingerprint density at radius 2 is 1.21 bits per heavy atom. The van der Waals surface area contributed by atoms with E-state index in [2.05, 4.69) is 0 Å². The van der Waals surface area contributed by atoms with E-state index in [0.717, 1.165) is 12.1 Å². The summed E-state index contributed by atoms with van der Waals surface area (Å²) in [5.41, 5.74) is 2.05. The predicted octanol–water partition coefficient (Wildman–Crippen LogP) is 4.21. The number of carbonyl (C=O) groups is 1. The van der Waals surface area contributed by atoms with Crippen LogP contribution in [-0.4, -0.2) is 16.0 Å². The molecule has 5 heteroatoms. The van der Waals surface area contributed by atoms with Crippen LogP contribution in [0.1, 0.15) is 24.0 Å². The molecule has 0 radical (unpaired) electrons. The van der Waals surface area contributed by atoms with Crippen molar-refractivity contribution in [3.63, 3.8) is 0 Å². The number of carbonyl (C=O) groups excluding carboxylic acids is 1. The van der Waals surface area contributed by atoms with E-state index in [0.29, 0.717) is 35.1 Å². The molecule has 122 valence electrons. The highest BCUT2D eigenvalue weighted by atomic mass is 19.1. The smallest absolute Gasteiger partial charge is 0.185 e. The lowest BCUT2D eigenvalue weighted by molar-refractivity contribution is -0.111. The van der Waals surface area contributed by atoms with E-state index in [9.17, 15) is 23.8 Å². The molecule has 0 unspecified atom stereocenters. The number of allylic oxidation sites excluding steroid dienone is 2. The van der Waals surface area contributed by atoms with Crippen LogP contribution in [0.2, 0.25) is 0 Å². The minimum Gasteiger partial charge on any atom is -0.505 e. The first-order valence-electron chi connectivity index (χ1n) is 7.37. The summed E-state index contributed by atoms with van der Waals surface area (Å²) < 4.78 is 26.7. The van der Waals surface area contributed by atoms with Gasteiger partial charge in [0.2, 0.25) is 0 Å². The number of hydrogen-bond acceptors (Lipinski definition) is 3. The van der Waals surface area contributed by atoms with Crippen LogP contribution in [-0.2, 0) is 4.79 Å². The SMILES string of the molecule is O=C1C(=Cc2ccc(O)c(F)c2)CCC1=Cc1ccc(O)c(F)c1. The van der Waals surface area contributed by atoms with Crippen molar-refractivity contribution in [1.82, 2.24) is 0 Å². The molecule has 0 aliphatic heterocycles. The third-order valence-corrected chi connectivity index (χ3v) is 3.87. The highest BCUT2D eigenvalue weighted by Gasteiger charge is 2.23. The number of phenols is 2. The average molecular weight is 328 g/mol. The maximum atomic E-state index is 13.4. The fourth-order valence-electron chi connectivity index (χ4n) is 2.61. The molecular weight excluding hydrogens is 314 g/mol. The first-order valence-corrected chi connectivity index (χ1v) is 7.37. The Bertz CT molecular complexity index is 811. The third kappa shape index (κ3) is 3.20. The van der Waals surface area contributed by atoms with Gasteiger partial charge in [-0.05, 0) is 60.4 Å². The lowest BCUT2D eigenvalue weighted by Gasteiger charge is -2.00. The largest absolute Gasteiger partial charge is 0.505 e. The maximum absolute atomic E-state index is 13.4. The van der Waals surface area contributed by atoms with Gasteiger partial charge < -0.3 is 10.2 Å². The predicted molar refractivity (Wildman–Crippen MR) is 86.3 cm³/mol. The Labute approximate surface area is 137 Å². The maximum Gasteiger partial charge on any atom is 0.185 e. The highest BCUT2D eigenvalue weighted by Crippen LogP contribution is 2.30. The standard InChI is InChI=1S/C19H14F2O3/c20-15-9-11(1-5-17(15)22)7-13-3-4-14(19(13)24)8-12-2-6-18(23)16(21)10-12/h1-2,5-10,22-23H,3-4H2. The second kappa shape index (κ2) is 6.28. The summed E-state index contributed by atoms with van der Waals surface area (Å²) >= 11 is 0. The van der Waals surface area contributed by atoms with E-state index in [1.165, 1.54) is 24.3 Å². The molecule has 0 amide bonds. The molecule has 24 heavy (non-hydrogen) atoms. The van der Waals surface area contributed by atoms with Crippen molar-refractivity contribution < 1.29 is 23.8 Å². The normalized spacial score (nSPS) is 17.8. The molecule has 1 fully saturated rings. The van der Waals surface area contributed by atoms with Crippen LogP contribution in [0.3, 0.4) is 0 Å². The van der Waals surface area contributed by atoms with E-state index < -0.39 is 23.1 Å². The second-order valence-corrected chi connectivity index (χ2v) is 5.59. The van der Waals surface area contributed by atoms with Gasteiger partial charge >= 0.3 is 0 Å². The van der Waals surface area contributed by atoms with Crippen LogP contribution in [0.15, 0.2) is 47.5 Å². The summed E-state index contributed by atoms with van der Waals surface area (Å²) in [5.74, 6) is -2.54. The van der Waals surface area contributed by atoms with E-state index >= 15 is 0 Å². The van der Waals surface area contributed by atoms with Crippen molar-refractivity contribution in [3.8, 4) is 11.5 Å². The number of phenolic OH excluding ortho intramolecular Hbond substituents is 2. The van der Waals surface area contributed by atoms with Gasteiger partial charge in [0.25, 0.3) is 0 Å². The molecule has 1 saturated carbocycles. The average Bonchev–Trinajstić information content (AvgIpc) is 2.88. The molecule has 1 aliphatic rings. The Kier molecular flexibility index (Phi) is 4.16. The Morgan fingerprint density at radius 1 is 0.792 bits per heavy atom. The number of ketones is 1. The van der Waals surface area contributed by atoms with Crippen LogP contribution in [0.4, 0.5) is 8.78 Å². The number of hydrogen-bond donors (Lipinski definition) is 2. The summed E-state index contributed by atoms with van der Waals surface area (Å²) in [4.78, 5) is 12.4. The lowest BCUT2D eigenvalue weighted by atomic mass is 10.1. The van der Waals surface area contributed by atoms with Gasteiger partial charge in [-0.25, -0.2) is 8.78 Å². The first-order chi connectivity index (χ1) is 11.4. The molecule has 3 nitrogen and oxygen atoms in total. The molecule has 2 aromatic rings. The van der Waals surface area contributed by atoms with E-state index in [4.69, 9.17) is 0 Å². The fraction of sp³-hybridized carbons (Fsp3) is 0.105. The van der Waals surface area contributed by atoms with Crippen molar-refractivity contribution in [2.24, 2.45) is 0 Å². The summed E-state index contributed by atoms with van der Waals surface area (Å²) in [7, 11) is 0.